The minimum Gasteiger partial charge on any atom is -0.311 e. The van der Waals surface area contributed by atoms with E-state index in [2.05, 4.69) is 56.2 Å². The molecule has 1 N–H and O–H groups in total. The Morgan fingerprint density at radius 2 is 2.09 bits per heavy atom. The second-order valence-corrected chi connectivity index (χ2v) is 6.77. The number of aromatic nitrogens is 3. The van der Waals surface area contributed by atoms with Gasteiger partial charge < -0.3 is 9.88 Å². The van der Waals surface area contributed by atoms with Crippen molar-refractivity contribution < 1.29 is 0 Å². The van der Waals surface area contributed by atoms with Gasteiger partial charge in [0.25, 0.3) is 0 Å². The van der Waals surface area contributed by atoms with Gasteiger partial charge in [-0.15, -0.1) is 10.2 Å². The number of piperidine rings is 1. The summed E-state index contributed by atoms with van der Waals surface area (Å²) in [5, 5.41) is 12.6. The number of rotatable bonds is 3. The summed E-state index contributed by atoms with van der Waals surface area (Å²) in [6.07, 6.45) is 3.76. The molecule has 1 atom stereocenters. The van der Waals surface area contributed by atoms with Crippen LogP contribution >= 0.6 is 0 Å². The van der Waals surface area contributed by atoms with Crippen molar-refractivity contribution >= 4 is 0 Å². The van der Waals surface area contributed by atoms with Gasteiger partial charge in [-0.2, -0.15) is 0 Å². The fourth-order valence-electron chi connectivity index (χ4n) is 3.72. The standard InChI is InChI=1S/C18H25N5/c1-14-6-2-3-7-15(14)12-22-10-11-23-17(13-22)20-21-18(23)16-8-4-5-9-19-16/h2-3,6-7,16,19H,4-5,8-13H2,1H3/t16-/m1/s1. The molecule has 5 heteroatoms. The van der Waals surface area contributed by atoms with Gasteiger partial charge in [-0.1, -0.05) is 30.7 Å². The van der Waals surface area contributed by atoms with Gasteiger partial charge >= 0.3 is 0 Å². The molecular weight excluding hydrogens is 286 g/mol. The summed E-state index contributed by atoms with van der Waals surface area (Å²) in [5.74, 6) is 2.27. The van der Waals surface area contributed by atoms with Gasteiger partial charge in [0.05, 0.1) is 12.6 Å². The van der Waals surface area contributed by atoms with Crippen molar-refractivity contribution in [2.75, 3.05) is 13.1 Å². The number of aryl methyl sites for hydroxylation is 1. The smallest absolute Gasteiger partial charge is 0.150 e. The predicted octanol–water partition coefficient (Wildman–Crippen LogP) is 2.42. The molecule has 122 valence electrons. The minimum absolute atomic E-state index is 0.396. The van der Waals surface area contributed by atoms with Gasteiger partial charge in [0, 0.05) is 19.6 Å². The largest absolute Gasteiger partial charge is 0.311 e. The number of hydrogen-bond acceptors (Lipinski definition) is 4. The van der Waals surface area contributed by atoms with E-state index in [-0.39, 0.29) is 0 Å². The van der Waals surface area contributed by atoms with E-state index in [0.29, 0.717) is 6.04 Å². The first-order chi connectivity index (χ1) is 11.3. The zero-order valence-corrected chi connectivity index (χ0v) is 13.8. The van der Waals surface area contributed by atoms with Crippen LogP contribution in [0.3, 0.4) is 0 Å². The van der Waals surface area contributed by atoms with Gasteiger partial charge in [-0.05, 0) is 37.4 Å². The van der Waals surface area contributed by atoms with Crippen molar-refractivity contribution in [3.05, 3.63) is 47.0 Å². The number of benzene rings is 1. The first-order valence-corrected chi connectivity index (χ1v) is 8.73. The lowest BCUT2D eigenvalue weighted by molar-refractivity contribution is 0.204. The van der Waals surface area contributed by atoms with Crippen LogP contribution in [0.4, 0.5) is 0 Å². The maximum Gasteiger partial charge on any atom is 0.150 e. The van der Waals surface area contributed by atoms with Crippen molar-refractivity contribution in [1.82, 2.24) is 25.0 Å². The van der Waals surface area contributed by atoms with Crippen molar-refractivity contribution in [1.29, 1.82) is 0 Å². The molecule has 5 nitrogen and oxygen atoms in total. The molecule has 1 fully saturated rings. The van der Waals surface area contributed by atoms with Gasteiger partial charge in [0.1, 0.15) is 11.6 Å². The van der Waals surface area contributed by atoms with Crippen LogP contribution in [0.15, 0.2) is 24.3 Å². The third-order valence-electron chi connectivity index (χ3n) is 5.14. The Bertz CT molecular complexity index is 672. The lowest BCUT2D eigenvalue weighted by atomic mass is 10.0. The molecule has 0 spiro atoms. The molecule has 23 heavy (non-hydrogen) atoms. The Kier molecular flexibility index (Phi) is 4.14. The third kappa shape index (κ3) is 3.03. The van der Waals surface area contributed by atoms with Gasteiger partial charge in [0.15, 0.2) is 0 Å². The van der Waals surface area contributed by atoms with Crippen molar-refractivity contribution in [2.45, 2.75) is 51.9 Å². The van der Waals surface area contributed by atoms with E-state index in [1.54, 1.807) is 0 Å². The zero-order chi connectivity index (χ0) is 15.6. The number of nitrogens with zero attached hydrogens (tertiary/aromatic N) is 4. The van der Waals surface area contributed by atoms with Crippen molar-refractivity contribution in [2.24, 2.45) is 0 Å². The third-order valence-corrected chi connectivity index (χ3v) is 5.14. The highest BCUT2D eigenvalue weighted by molar-refractivity contribution is 5.25. The molecule has 3 heterocycles. The summed E-state index contributed by atoms with van der Waals surface area (Å²) in [7, 11) is 0. The van der Waals surface area contributed by atoms with E-state index >= 15 is 0 Å². The van der Waals surface area contributed by atoms with Gasteiger partial charge in [-0.25, -0.2) is 0 Å². The van der Waals surface area contributed by atoms with Crippen LogP contribution in [0, 0.1) is 6.92 Å². The second kappa shape index (κ2) is 6.42. The molecule has 1 aromatic carbocycles. The minimum atomic E-state index is 0.396. The molecule has 1 saturated heterocycles. The lowest BCUT2D eigenvalue weighted by Gasteiger charge is -2.30. The van der Waals surface area contributed by atoms with Crippen molar-refractivity contribution in [3.63, 3.8) is 0 Å². The van der Waals surface area contributed by atoms with E-state index in [4.69, 9.17) is 0 Å². The first kappa shape index (κ1) is 14.8. The van der Waals surface area contributed by atoms with Gasteiger partial charge in [-0.3, -0.25) is 4.90 Å². The SMILES string of the molecule is Cc1ccccc1CN1CCn2c(nnc2[C@H]2CCCCN2)C1. The summed E-state index contributed by atoms with van der Waals surface area (Å²) in [5.41, 5.74) is 2.78. The summed E-state index contributed by atoms with van der Waals surface area (Å²) < 4.78 is 2.34. The highest BCUT2D eigenvalue weighted by Gasteiger charge is 2.26. The summed E-state index contributed by atoms with van der Waals surface area (Å²) in [6, 6.07) is 9.05. The summed E-state index contributed by atoms with van der Waals surface area (Å²) in [4.78, 5) is 2.48. The van der Waals surface area contributed by atoms with Crippen LogP contribution in [-0.4, -0.2) is 32.8 Å². The number of hydrogen-bond donors (Lipinski definition) is 1. The molecule has 1 aromatic heterocycles. The van der Waals surface area contributed by atoms with Crippen LogP contribution in [0.1, 0.15) is 48.1 Å². The summed E-state index contributed by atoms with van der Waals surface area (Å²) >= 11 is 0. The van der Waals surface area contributed by atoms with E-state index in [1.807, 2.05) is 0 Å². The normalized spacial score (nSPS) is 22.0. The van der Waals surface area contributed by atoms with Crippen LogP contribution in [0.5, 0.6) is 0 Å². The quantitative estimate of drug-likeness (QED) is 0.945. The number of nitrogens with one attached hydrogen (secondary N) is 1. The zero-order valence-electron chi connectivity index (χ0n) is 13.8. The van der Waals surface area contributed by atoms with E-state index in [0.717, 1.165) is 44.4 Å². The maximum absolute atomic E-state index is 4.50. The molecule has 0 unspecified atom stereocenters. The molecule has 0 amide bonds. The van der Waals surface area contributed by atoms with Gasteiger partial charge in [0.2, 0.25) is 0 Å². The molecular formula is C18H25N5. The summed E-state index contributed by atoms with van der Waals surface area (Å²) in [6.45, 7) is 7.26. The molecule has 2 aliphatic rings. The average Bonchev–Trinajstić information content (AvgIpc) is 3.01. The second-order valence-electron chi connectivity index (χ2n) is 6.77. The molecule has 2 aliphatic heterocycles. The van der Waals surface area contributed by atoms with E-state index in [9.17, 15) is 0 Å². The van der Waals surface area contributed by atoms with Crippen LogP contribution < -0.4 is 5.32 Å². The molecule has 0 bridgehead atoms. The highest BCUT2D eigenvalue weighted by Crippen LogP contribution is 2.24. The molecule has 0 saturated carbocycles. The monoisotopic (exact) mass is 311 g/mol. The van der Waals surface area contributed by atoms with Crippen LogP contribution in [0.2, 0.25) is 0 Å². The number of fused-ring (bicyclic) bond motifs is 1. The fraction of sp³-hybridized carbons (Fsp3) is 0.556. The van der Waals surface area contributed by atoms with Crippen LogP contribution in [0.25, 0.3) is 0 Å². The molecule has 0 aliphatic carbocycles. The average molecular weight is 311 g/mol. The lowest BCUT2D eigenvalue weighted by Crippen LogP contribution is -2.36. The Morgan fingerprint density at radius 3 is 2.91 bits per heavy atom. The molecule has 0 radical (unpaired) electrons. The predicted molar refractivity (Wildman–Crippen MR) is 89.9 cm³/mol. The fourth-order valence-corrected chi connectivity index (χ4v) is 3.72. The topological polar surface area (TPSA) is 46.0 Å². The Hall–Kier alpha value is -1.72. The van der Waals surface area contributed by atoms with Crippen LogP contribution in [-0.2, 0) is 19.6 Å². The van der Waals surface area contributed by atoms with E-state index < -0.39 is 0 Å². The van der Waals surface area contributed by atoms with Crippen molar-refractivity contribution in [3.8, 4) is 0 Å². The molecule has 2 aromatic rings. The van der Waals surface area contributed by atoms with E-state index in [1.165, 1.54) is 30.4 Å². The highest BCUT2D eigenvalue weighted by atomic mass is 15.3. The Labute approximate surface area is 137 Å². The Balaban J connectivity index is 1.48. The first-order valence-electron chi connectivity index (χ1n) is 8.73. The Morgan fingerprint density at radius 1 is 1.17 bits per heavy atom. The molecule has 4 rings (SSSR count). The maximum atomic E-state index is 4.50.